The average Bonchev–Trinajstić information content (AvgIpc) is 3.04. The standard InChI is InChI=1S/C34H37ClN6O7/c1-34(2,3)30(39-31(46)23-14-15-25(36)24(35)18-23)33(48)38-29(22-12-8-5-9-13-22)32(47)40-41(20-28(44)45)27(43)17-16-26(42)37-19-21-10-6-4-7-11-21/h4-18,29-30H,19-20,36H2,1-3H3,(H,37,42)(H,38,48)(H,39,46)(H,40,47)(H,44,45)/b17-16+/t29?,30-/m1/s1. The van der Waals surface area contributed by atoms with Gasteiger partial charge in [-0.2, -0.15) is 0 Å². The number of halogens is 1. The number of amides is 5. The highest BCUT2D eigenvalue weighted by molar-refractivity contribution is 6.33. The number of carbonyl (C=O) groups is 6. The van der Waals surface area contributed by atoms with Gasteiger partial charge in [0.15, 0.2) is 0 Å². The van der Waals surface area contributed by atoms with E-state index in [0.29, 0.717) is 10.6 Å². The molecule has 3 rings (SSSR count). The number of carboxylic acid groups (broad SMARTS) is 1. The van der Waals surface area contributed by atoms with Crippen LogP contribution in [0.1, 0.15) is 48.3 Å². The lowest BCUT2D eigenvalue weighted by Gasteiger charge is -2.32. The fourth-order valence-corrected chi connectivity index (χ4v) is 4.50. The number of nitrogens with zero attached hydrogens (tertiary/aromatic N) is 1. The Morgan fingerprint density at radius 3 is 2.08 bits per heavy atom. The summed E-state index contributed by atoms with van der Waals surface area (Å²) in [6, 6.07) is 18.7. The number of hydrogen-bond donors (Lipinski definition) is 6. The molecule has 3 aromatic rings. The number of carboxylic acids is 1. The lowest BCUT2D eigenvalue weighted by molar-refractivity contribution is -0.148. The highest BCUT2D eigenvalue weighted by Crippen LogP contribution is 2.24. The van der Waals surface area contributed by atoms with E-state index in [1.165, 1.54) is 18.2 Å². The van der Waals surface area contributed by atoms with Crippen LogP contribution in [0.2, 0.25) is 5.02 Å². The van der Waals surface area contributed by atoms with E-state index in [2.05, 4.69) is 21.4 Å². The SMILES string of the molecule is CC(C)(C)[C@H](NC(=O)c1ccc(N)c(Cl)c1)C(=O)NC(C(=O)NN(CC(=O)O)C(=O)/C=C/C(=O)NCc1ccccc1)c1ccccc1. The van der Waals surface area contributed by atoms with Crippen molar-refractivity contribution in [2.75, 3.05) is 12.3 Å². The van der Waals surface area contributed by atoms with Crippen LogP contribution in [-0.4, -0.2) is 58.2 Å². The summed E-state index contributed by atoms with van der Waals surface area (Å²) in [4.78, 5) is 77.3. The van der Waals surface area contributed by atoms with Gasteiger partial charge in [-0.3, -0.25) is 34.2 Å². The molecule has 14 heteroatoms. The first-order valence-electron chi connectivity index (χ1n) is 14.7. The number of hydrogen-bond acceptors (Lipinski definition) is 7. The van der Waals surface area contributed by atoms with Crippen LogP contribution in [0.5, 0.6) is 0 Å². The minimum atomic E-state index is -1.45. The smallest absolute Gasteiger partial charge is 0.325 e. The number of carbonyl (C=O) groups excluding carboxylic acids is 5. The number of anilines is 1. The average molecular weight is 677 g/mol. The van der Waals surface area contributed by atoms with E-state index in [9.17, 15) is 33.9 Å². The van der Waals surface area contributed by atoms with Crippen molar-refractivity contribution >= 4 is 52.8 Å². The molecule has 0 bridgehead atoms. The number of hydrazine groups is 1. The van der Waals surface area contributed by atoms with Gasteiger partial charge < -0.3 is 26.8 Å². The second-order valence-corrected chi connectivity index (χ2v) is 12.1. The number of nitrogens with one attached hydrogen (secondary N) is 4. The van der Waals surface area contributed by atoms with Gasteiger partial charge in [-0.1, -0.05) is 93.0 Å². The van der Waals surface area contributed by atoms with E-state index in [0.717, 1.165) is 17.7 Å². The normalized spacial score (nSPS) is 12.3. The molecular formula is C34H37ClN6O7. The fraction of sp³-hybridized carbons (Fsp3) is 0.235. The maximum absolute atomic E-state index is 13.7. The Morgan fingerprint density at radius 1 is 0.875 bits per heavy atom. The molecule has 2 atom stereocenters. The van der Waals surface area contributed by atoms with E-state index in [-0.39, 0.29) is 22.8 Å². The first kappa shape index (κ1) is 36.8. The Hall–Kier alpha value is -5.69. The van der Waals surface area contributed by atoms with Crippen molar-refractivity contribution in [2.45, 2.75) is 39.4 Å². The van der Waals surface area contributed by atoms with Crippen LogP contribution in [0, 0.1) is 5.41 Å². The van der Waals surface area contributed by atoms with Gasteiger partial charge in [0.05, 0.1) is 10.7 Å². The van der Waals surface area contributed by atoms with Gasteiger partial charge in [-0.25, -0.2) is 5.01 Å². The predicted molar refractivity (Wildman–Crippen MR) is 179 cm³/mol. The topological polar surface area (TPSA) is 200 Å². The molecule has 0 aliphatic rings. The van der Waals surface area contributed by atoms with Crippen molar-refractivity contribution in [1.29, 1.82) is 0 Å². The predicted octanol–water partition coefficient (Wildman–Crippen LogP) is 2.74. The zero-order chi connectivity index (χ0) is 35.4. The second kappa shape index (κ2) is 16.7. The fourth-order valence-electron chi connectivity index (χ4n) is 4.32. The van der Waals surface area contributed by atoms with Gasteiger partial charge in [-0.15, -0.1) is 0 Å². The molecule has 3 aromatic carbocycles. The maximum atomic E-state index is 13.7. The van der Waals surface area contributed by atoms with Gasteiger partial charge >= 0.3 is 5.97 Å². The van der Waals surface area contributed by atoms with Crippen LogP contribution < -0.4 is 27.1 Å². The quantitative estimate of drug-likeness (QED) is 0.0955. The molecule has 5 amide bonds. The lowest BCUT2D eigenvalue weighted by Crippen LogP contribution is -2.57. The van der Waals surface area contributed by atoms with Crippen molar-refractivity contribution in [3.8, 4) is 0 Å². The number of nitrogens with two attached hydrogens (primary N) is 1. The number of nitrogen functional groups attached to an aromatic ring is 1. The summed E-state index contributed by atoms with van der Waals surface area (Å²) >= 11 is 6.07. The van der Waals surface area contributed by atoms with Crippen LogP contribution in [0.25, 0.3) is 0 Å². The van der Waals surface area contributed by atoms with E-state index >= 15 is 0 Å². The molecule has 1 unspecified atom stereocenters. The van der Waals surface area contributed by atoms with Gasteiger partial charge in [-0.05, 0) is 34.7 Å². The molecule has 0 saturated carbocycles. The first-order chi connectivity index (χ1) is 22.6. The molecule has 48 heavy (non-hydrogen) atoms. The largest absolute Gasteiger partial charge is 0.480 e. The van der Waals surface area contributed by atoms with Crippen LogP contribution in [-0.2, 0) is 30.5 Å². The maximum Gasteiger partial charge on any atom is 0.325 e. The Balaban J connectivity index is 1.80. The van der Waals surface area contributed by atoms with Gasteiger partial charge in [0, 0.05) is 24.3 Å². The summed E-state index contributed by atoms with van der Waals surface area (Å²) < 4.78 is 0. The van der Waals surface area contributed by atoms with Crippen molar-refractivity contribution in [2.24, 2.45) is 5.41 Å². The summed E-state index contributed by atoms with van der Waals surface area (Å²) in [5.74, 6) is -5.42. The Morgan fingerprint density at radius 2 is 1.50 bits per heavy atom. The monoisotopic (exact) mass is 676 g/mol. The Bertz CT molecular complexity index is 1680. The third kappa shape index (κ3) is 11.0. The van der Waals surface area contributed by atoms with Gasteiger partial charge in [0.1, 0.15) is 18.6 Å². The molecule has 252 valence electrons. The molecule has 7 N–H and O–H groups in total. The van der Waals surface area contributed by atoms with Crippen LogP contribution in [0.15, 0.2) is 91.0 Å². The lowest BCUT2D eigenvalue weighted by atomic mass is 9.85. The molecular weight excluding hydrogens is 640 g/mol. The van der Waals surface area contributed by atoms with E-state index in [1.807, 2.05) is 6.07 Å². The molecule has 0 spiro atoms. The molecule has 0 radical (unpaired) electrons. The van der Waals surface area contributed by atoms with Gasteiger partial charge in [0.2, 0.25) is 11.8 Å². The van der Waals surface area contributed by atoms with E-state index in [4.69, 9.17) is 17.3 Å². The second-order valence-electron chi connectivity index (χ2n) is 11.7. The van der Waals surface area contributed by atoms with E-state index < -0.39 is 59.5 Å². The van der Waals surface area contributed by atoms with Crippen LogP contribution >= 0.6 is 11.6 Å². The Kier molecular flexibility index (Phi) is 12.8. The zero-order valence-electron chi connectivity index (χ0n) is 26.5. The molecule has 0 aromatic heterocycles. The highest BCUT2D eigenvalue weighted by atomic mass is 35.5. The summed E-state index contributed by atoms with van der Waals surface area (Å²) in [5, 5.41) is 18.0. The van der Waals surface area contributed by atoms with Crippen LogP contribution in [0.3, 0.4) is 0 Å². The van der Waals surface area contributed by atoms with Crippen LogP contribution in [0.4, 0.5) is 5.69 Å². The summed E-state index contributed by atoms with van der Waals surface area (Å²) in [5.41, 5.74) is 8.67. The number of aliphatic carboxylic acids is 1. The zero-order valence-corrected chi connectivity index (χ0v) is 27.3. The molecule has 13 nitrogen and oxygen atoms in total. The van der Waals surface area contributed by atoms with Crippen molar-refractivity contribution in [1.82, 2.24) is 26.4 Å². The highest BCUT2D eigenvalue weighted by Gasteiger charge is 2.36. The summed E-state index contributed by atoms with van der Waals surface area (Å²) in [6.45, 7) is 4.36. The minimum Gasteiger partial charge on any atom is -0.480 e. The third-order valence-electron chi connectivity index (χ3n) is 6.84. The molecule has 0 saturated heterocycles. The number of benzene rings is 3. The molecule has 0 fully saturated rings. The summed E-state index contributed by atoms with van der Waals surface area (Å²) in [7, 11) is 0. The van der Waals surface area contributed by atoms with Gasteiger partial charge in [0.25, 0.3) is 17.7 Å². The number of rotatable bonds is 12. The summed E-state index contributed by atoms with van der Waals surface area (Å²) in [6.07, 6.45) is 1.72. The van der Waals surface area contributed by atoms with Crippen molar-refractivity contribution < 1.29 is 33.9 Å². The Labute approximate surface area is 282 Å². The molecule has 0 aliphatic heterocycles. The van der Waals surface area contributed by atoms with Crippen molar-refractivity contribution in [3.63, 3.8) is 0 Å². The molecule has 0 heterocycles. The van der Waals surface area contributed by atoms with E-state index in [1.54, 1.807) is 75.4 Å². The first-order valence-corrected chi connectivity index (χ1v) is 15.1. The third-order valence-corrected chi connectivity index (χ3v) is 7.17. The molecule has 0 aliphatic carbocycles. The minimum absolute atomic E-state index is 0.151. The van der Waals surface area contributed by atoms with Crippen molar-refractivity contribution in [3.05, 3.63) is 113 Å².